The molecule has 7 nitrogen and oxygen atoms in total. The van der Waals surface area contributed by atoms with E-state index in [1.165, 1.54) is 18.3 Å². The van der Waals surface area contributed by atoms with Crippen LogP contribution in [0.25, 0.3) is 21.6 Å². The molecular formula is C28H32FN5O2S. The quantitative estimate of drug-likeness (QED) is 0.127. The number of nitrogens with two attached hydrogens (primary N) is 1. The van der Waals surface area contributed by atoms with Crippen molar-refractivity contribution in [1.29, 1.82) is 10.7 Å². The Bertz CT molecular complexity index is 1290. The summed E-state index contributed by atoms with van der Waals surface area (Å²) in [5, 5.41) is 32.9. The van der Waals surface area contributed by atoms with Crippen molar-refractivity contribution < 1.29 is 14.3 Å². The van der Waals surface area contributed by atoms with E-state index < -0.39 is 11.4 Å². The molecule has 3 aromatic rings. The van der Waals surface area contributed by atoms with Crippen molar-refractivity contribution in [2.24, 2.45) is 5.73 Å². The zero-order valence-electron chi connectivity index (χ0n) is 21.0. The normalized spacial score (nSPS) is 12.0. The Labute approximate surface area is 220 Å². The van der Waals surface area contributed by atoms with Crippen LogP contribution < -0.4 is 16.4 Å². The monoisotopic (exact) mass is 521 g/mol. The number of thiophene rings is 1. The summed E-state index contributed by atoms with van der Waals surface area (Å²) < 4.78 is 14.5. The van der Waals surface area contributed by atoms with Crippen LogP contribution in [-0.4, -0.2) is 42.5 Å². The highest BCUT2D eigenvalue weighted by Crippen LogP contribution is 2.41. The van der Waals surface area contributed by atoms with E-state index in [1.807, 2.05) is 30.3 Å². The number of rotatable bonds is 13. The molecule has 37 heavy (non-hydrogen) atoms. The summed E-state index contributed by atoms with van der Waals surface area (Å²) in [5.74, 6) is -0.579. The highest BCUT2D eigenvalue weighted by molar-refractivity contribution is 7.16. The average molecular weight is 522 g/mol. The summed E-state index contributed by atoms with van der Waals surface area (Å²) in [5.41, 5.74) is 9.17. The molecule has 0 spiro atoms. The minimum atomic E-state index is -0.907. The molecular weight excluding hydrogens is 489 g/mol. The number of carbonyl (C=O) groups excluding carboxylic acids is 1. The number of anilines is 1. The van der Waals surface area contributed by atoms with Gasteiger partial charge in [0, 0.05) is 51.9 Å². The Kier molecular flexibility index (Phi) is 9.53. The van der Waals surface area contributed by atoms with Gasteiger partial charge in [-0.2, -0.15) is 5.26 Å². The van der Waals surface area contributed by atoms with Gasteiger partial charge in [-0.1, -0.05) is 12.1 Å². The van der Waals surface area contributed by atoms with E-state index in [-0.39, 0.29) is 11.6 Å². The van der Waals surface area contributed by atoms with Crippen LogP contribution in [0.5, 0.6) is 0 Å². The number of halogens is 1. The predicted octanol–water partition coefficient (Wildman–Crippen LogP) is 4.67. The molecule has 1 amide bonds. The molecule has 1 atom stereocenters. The maximum absolute atomic E-state index is 14.5. The number of aliphatic hydroxyl groups is 1. The number of carbonyl (C=O) groups is 1. The molecule has 0 saturated heterocycles. The van der Waals surface area contributed by atoms with Gasteiger partial charge in [-0.25, -0.2) is 4.39 Å². The number of nitrogens with one attached hydrogen (secondary N) is 3. The van der Waals surface area contributed by atoms with Gasteiger partial charge in [0.25, 0.3) is 0 Å². The Hall–Kier alpha value is -3.58. The van der Waals surface area contributed by atoms with E-state index in [4.69, 9.17) is 16.4 Å². The lowest BCUT2D eigenvalue weighted by Crippen LogP contribution is -2.29. The van der Waals surface area contributed by atoms with E-state index in [0.717, 1.165) is 39.4 Å². The van der Waals surface area contributed by atoms with Crippen molar-refractivity contribution >= 4 is 29.6 Å². The molecule has 6 N–H and O–H groups in total. The molecule has 0 radical (unpaired) electrons. The van der Waals surface area contributed by atoms with Crippen LogP contribution >= 0.6 is 11.3 Å². The maximum atomic E-state index is 14.5. The largest absolute Gasteiger partial charge is 0.389 e. The van der Waals surface area contributed by atoms with Gasteiger partial charge in [-0.05, 0) is 74.6 Å². The SMILES string of the molecule is CC(C)(O)CNc1ccc(-c2sc(CC(N)CCCNC=O)cc2-c2ccc(C#N)c(F)c2)cc1C=N. The minimum Gasteiger partial charge on any atom is -0.389 e. The van der Waals surface area contributed by atoms with Crippen molar-refractivity contribution in [2.75, 3.05) is 18.4 Å². The Morgan fingerprint density at radius 3 is 2.65 bits per heavy atom. The van der Waals surface area contributed by atoms with Crippen LogP contribution in [0, 0.1) is 22.6 Å². The number of amides is 1. The molecule has 0 aliphatic heterocycles. The molecule has 9 heteroatoms. The first-order chi connectivity index (χ1) is 17.6. The number of hydrogen-bond donors (Lipinski definition) is 5. The standard InChI is InChI=1S/C28H32FN5O2S/c1-28(2,36)16-34-26-8-7-19(10-21(26)15-31)27-24(18-5-6-20(14-30)25(29)11-18)13-23(37-27)12-22(32)4-3-9-33-17-35/h5-8,10-11,13,15,17,22,31,34,36H,3-4,9,12,16,32H2,1-2H3,(H,33,35). The van der Waals surface area contributed by atoms with E-state index in [9.17, 15) is 14.3 Å². The van der Waals surface area contributed by atoms with Gasteiger partial charge in [0.05, 0.1) is 11.2 Å². The van der Waals surface area contributed by atoms with Gasteiger partial charge < -0.3 is 26.9 Å². The van der Waals surface area contributed by atoms with Gasteiger partial charge in [0.2, 0.25) is 6.41 Å². The first-order valence-corrected chi connectivity index (χ1v) is 12.8. The molecule has 1 unspecified atom stereocenters. The summed E-state index contributed by atoms with van der Waals surface area (Å²) in [4.78, 5) is 12.4. The minimum absolute atomic E-state index is 0.0139. The lowest BCUT2D eigenvalue weighted by Gasteiger charge is -2.20. The summed E-state index contributed by atoms with van der Waals surface area (Å²) in [6.45, 7) is 4.31. The fraction of sp³-hybridized carbons (Fsp3) is 0.321. The van der Waals surface area contributed by atoms with Crippen LogP contribution in [0.4, 0.5) is 10.1 Å². The topological polar surface area (TPSA) is 135 Å². The molecule has 2 aromatic carbocycles. The van der Waals surface area contributed by atoms with E-state index in [2.05, 4.69) is 10.6 Å². The zero-order chi connectivity index (χ0) is 27.0. The first-order valence-electron chi connectivity index (χ1n) is 12.0. The molecule has 0 bridgehead atoms. The van der Waals surface area contributed by atoms with Crippen molar-refractivity contribution in [3.05, 3.63) is 64.3 Å². The van der Waals surface area contributed by atoms with Crippen LogP contribution in [0.2, 0.25) is 0 Å². The number of nitriles is 1. The third-order valence-corrected chi connectivity index (χ3v) is 7.01. The van der Waals surface area contributed by atoms with Crippen LogP contribution in [0.3, 0.4) is 0 Å². The van der Waals surface area contributed by atoms with Crippen molar-refractivity contribution in [3.63, 3.8) is 0 Å². The van der Waals surface area contributed by atoms with Crippen molar-refractivity contribution in [1.82, 2.24) is 5.32 Å². The summed E-state index contributed by atoms with van der Waals surface area (Å²) >= 11 is 1.56. The lowest BCUT2D eigenvalue weighted by molar-refractivity contribution is -0.109. The number of nitrogens with zero attached hydrogens (tertiary/aromatic N) is 1. The van der Waals surface area contributed by atoms with Crippen LogP contribution in [-0.2, 0) is 11.2 Å². The second kappa shape index (κ2) is 12.6. The fourth-order valence-electron chi connectivity index (χ4n) is 3.93. The van der Waals surface area contributed by atoms with E-state index in [1.54, 1.807) is 31.3 Å². The molecule has 0 aliphatic carbocycles. The smallest absolute Gasteiger partial charge is 0.207 e. The summed E-state index contributed by atoms with van der Waals surface area (Å²) in [6, 6.07) is 14.0. The highest BCUT2D eigenvalue weighted by Gasteiger charge is 2.18. The summed E-state index contributed by atoms with van der Waals surface area (Å²) in [6.07, 6.45) is 4.07. The average Bonchev–Trinajstić information content (AvgIpc) is 3.28. The maximum Gasteiger partial charge on any atom is 0.207 e. The van der Waals surface area contributed by atoms with Crippen LogP contribution in [0.1, 0.15) is 42.7 Å². The van der Waals surface area contributed by atoms with E-state index in [0.29, 0.717) is 37.0 Å². The molecule has 194 valence electrons. The predicted molar refractivity (Wildman–Crippen MR) is 148 cm³/mol. The van der Waals surface area contributed by atoms with Gasteiger partial charge in [0.15, 0.2) is 0 Å². The van der Waals surface area contributed by atoms with Gasteiger partial charge in [0.1, 0.15) is 11.9 Å². The van der Waals surface area contributed by atoms with Gasteiger partial charge >= 0.3 is 0 Å². The van der Waals surface area contributed by atoms with E-state index >= 15 is 0 Å². The van der Waals surface area contributed by atoms with Gasteiger partial charge in [-0.3, -0.25) is 4.79 Å². The zero-order valence-corrected chi connectivity index (χ0v) is 21.8. The first kappa shape index (κ1) is 28.0. The third kappa shape index (κ3) is 7.70. The molecule has 0 fully saturated rings. The molecule has 0 aliphatic rings. The van der Waals surface area contributed by atoms with Crippen molar-refractivity contribution in [2.45, 2.75) is 44.8 Å². The van der Waals surface area contributed by atoms with Gasteiger partial charge in [-0.15, -0.1) is 11.3 Å². The summed E-state index contributed by atoms with van der Waals surface area (Å²) in [7, 11) is 0. The Morgan fingerprint density at radius 2 is 2.00 bits per heavy atom. The second-order valence-electron chi connectivity index (χ2n) is 9.55. The number of hydrogen-bond acceptors (Lipinski definition) is 7. The van der Waals surface area contributed by atoms with Crippen LogP contribution in [0.15, 0.2) is 42.5 Å². The lowest BCUT2D eigenvalue weighted by atomic mass is 9.98. The third-order valence-electron chi connectivity index (χ3n) is 5.81. The molecule has 1 aromatic heterocycles. The Morgan fingerprint density at radius 1 is 1.24 bits per heavy atom. The molecule has 1 heterocycles. The molecule has 0 saturated carbocycles. The van der Waals surface area contributed by atoms with Crippen molar-refractivity contribution in [3.8, 4) is 27.6 Å². The highest BCUT2D eigenvalue weighted by atomic mass is 32.1. The Balaban J connectivity index is 1.98. The number of benzene rings is 2. The second-order valence-corrected chi connectivity index (χ2v) is 10.7. The molecule has 3 rings (SSSR count). The fourth-order valence-corrected chi connectivity index (χ4v) is 5.19.